The van der Waals surface area contributed by atoms with E-state index in [4.69, 9.17) is 0 Å². The molecule has 0 spiro atoms. The number of allylic oxidation sites excluding steroid dienone is 2. The largest absolute Gasteiger partial charge is 0.416 e. The van der Waals surface area contributed by atoms with Crippen molar-refractivity contribution in [2.24, 2.45) is 5.10 Å². The highest BCUT2D eigenvalue weighted by molar-refractivity contribution is 6.02. The van der Waals surface area contributed by atoms with Crippen LogP contribution in [0.3, 0.4) is 0 Å². The number of hydrazone groups is 1. The molecular weight excluding hydrogens is 343 g/mol. The number of carbonyl (C=O) groups is 1. The van der Waals surface area contributed by atoms with Crippen LogP contribution in [0.25, 0.3) is 0 Å². The summed E-state index contributed by atoms with van der Waals surface area (Å²) in [4.78, 5) is 11.9. The monoisotopic (exact) mass is 367 g/mol. The lowest BCUT2D eigenvalue weighted by Gasteiger charge is -2.10. The molecule has 0 saturated heterocycles. The topological polar surface area (TPSA) is 53.5 Å². The summed E-state index contributed by atoms with van der Waals surface area (Å²) in [5.74, 6) is -0.394. The molecule has 0 aromatic heterocycles. The summed E-state index contributed by atoms with van der Waals surface area (Å²) in [6, 6.07) is 4.75. The van der Waals surface area contributed by atoms with Gasteiger partial charge in [0.25, 0.3) is 5.91 Å². The molecular formula is C19H24F3N3O. The predicted molar refractivity (Wildman–Crippen MR) is 97.0 cm³/mol. The lowest BCUT2D eigenvalue weighted by Crippen LogP contribution is -2.27. The second-order valence-electron chi connectivity index (χ2n) is 6.25. The van der Waals surface area contributed by atoms with Crippen LogP contribution in [-0.2, 0) is 11.0 Å². The van der Waals surface area contributed by atoms with Gasteiger partial charge in [-0.2, -0.15) is 18.3 Å². The maximum Gasteiger partial charge on any atom is 0.416 e. The number of anilines is 1. The molecule has 0 saturated carbocycles. The number of carbonyl (C=O) groups excluding carboxylic acids is 1. The highest BCUT2D eigenvalue weighted by Crippen LogP contribution is 2.30. The summed E-state index contributed by atoms with van der Waals surface area (Å²) >= 11 is 0. The van der Waals surface area contributed by atoms with Crippen molar-refractivity contribution in [2.45, 2.75) is 51.6 Å². The Morgan fingerprint density at radius 1 is 1.27 bits per heavy atom. The minimum Gasteiger partial charge on any atom is -0.376 e. The third kappa shape index (κ3) is 6.20. The van der Waals surface area contributed by atoms with Gasteiger partial charge in [-0.05, 0) is 49.5 Å². The quantitative estimate of drug-likeness (QED) is 0.508. The van der Waals surface area contributed by atoms with Crippen molar-refractivity contribution in [3.8, 4) is 0 Å². The zero-order chi connectivity index (χ0) is 19.0. The lowest BCUT2D eigenvalue weighted by atomic mass is 10.1. The third-order valence-corrected chi connectivity index (χ3v) is 4.15. The molecule has 2 N–H and O–H groups in total. The van der Waals surface area contributed by atoms with Crippen LogP contribution in [0.2, 0.25) is 0 Å². The molecule has 4 nitrogen and oxygen atoms in total. The van der Waals surface area contributed by atoms with Crippen molar-refractivity contribution in [1.82, 2.24) is 5.43 Å². The highest BCUT2D eigenvalue weighted by atomic mass is 19.4. The Morgan fingerprint density at radius 2 is 2.08 bits per heavy atom. The first kappa shape index (κ1) is 20.0. The summed E-state index contributed by atoms with van der Waals surface area (Å²) in [6.07, 6.45) is 3.87. The van der Waals surface area contributed by atoms with E-state index in [9.17, 15) is 18.0 Å². The Kier molecular flexibility index (Phi) is 7.24. The SMILES string of the molecule is CCCCCC1=CCC/C1=N\NC(=O)CNc1cccc(C(F)(F)F)c1. The number of hydrogen-bond donors (Lipinski definition) is 2. The van der Waals surface area contributed by atoms with Crippen molar-refractivity contribution >= 4 is 17.3 Å². The molecule has 7 heteroatoms. The molecule has 1 aliphatic carbocycles. The van der Waals surface area contributed by atoms with E-state index in [1.807, 2.05) is 0 Å². The smallest absolute Gasteiger partial charge is 0.376 e. The molecule has 1 aliphatic rings. The predicted octanol–water partition coefficient (Wildman–Crippen LogP) is 4.89. The van der Waals surface area contributed by atoms with Crippen molar-refractivity contribution in [3.05, 3.63) is 41.5 Å². The van der Waals surface area contributed by atoms with Crippen LogP contribution < -0.4 is 10.7 Å². The van der Waals surface area contributed by atoms with E-state index < -0.39 is 17.6 Å². The van der Waals surface area contributed by atoms with E-state index >= 15 is 0 Å². The van der Waals surface area contributed by atoms with Crippen molar-refractivity contribution in [3.63, 3.8) is 0 Å². The first-order valence-electron chi connectivity index (χ1n) is 8.86. The Bertz CT molecular complexity index is 681. The summed E-state index contributed by atoms with van der Waals surface area (Å²) in [5.41, 5.74) is 4.05. The Balaban J connectivity index is 1.83. The number of hydrogen-bond acceptors (Lipinski definition) is 3. The minimum absolute atomic E-state index is 0.146. The van der Waals surface area contributed by atoms with Crippen molar-refractivity contribution in [1.29, 1.82) is 0 Å². The highest BCUT2D eigenvalue weighted by Gasteiger charge is 2.30. The van der Waals surface area contributed by atoms with Crippen molar-refractivity contribution < 1.29 is 18.0 Å². The Morgan fingerprint density at radius 3 is 2.81 bits per heavy atom. The molecule has 0 unspecified atom stereocenters. The molecule has 0 bridgehead atoms. The van der Waals surface area contributed by atoms with Crippen LogP contribution in [0, 0.1) is 0 Å². The normalized spacial score (nSPS) is 15.8. The zero-order valence-electron chi connectivity index (χ0n) is 14.8. The van der Waals surface area contributed by atoms with Gasteiger partial charge < -0.3 is 5.32 Å². The number of nitrogens with zero attached hydrogens (tertiary/aromatic N) is 1. The van der Waals surface area contributed by atoms with Gasteiger partial charge in [-0.15, -0.1) is 0 Å². The minimum atomic E-state index is -4.41. The number of amides is 1. The fourth-order valence-corrected chi connectivity index (χ4v) is 2.76. The molecule has 0 radical (unpaired) electrons. The fourth-order valence-electron chi connectivity index (χ4n) is 2.76. The number of unbranched alkanes of at least 4 members (excludes halogenated alkanes) is 2. The molecule has 1 amide bonds. The van der Waals surface area contributed by atoms with Gasteiger partial charge in [-0.3, -0.25) is 4.79 Å². The van der Waals surface area contributed by atoms with E-state index in [1.54, 1.807) is 0 Å². The lowest BCUT2D eigenvalue weighted by molar-refractivity contribution is -0.137. The first-order chi connectivity index (χ1) is 12.4. The summed E-state index contributed by atoms with van der Waals surface area (Å²) < 4.78 is 38.0. The third-order valence-electron chi connectivity index (χ3n) is 4.15. The number of benzene rings is 1. The van der Waals surface area contributed by atoms with Gasteiger partial charge in [-0.25, -0.2) is 5.43 Å². The van der Waals surface area contributed by atoms with Gasteiger partial charge in [0.2, 0.25) is 0 Å². The van der Waals surface area contributed by atoms with E-state index in [0.29, 0.717) is 0 Å². The molecule has 2 rings (SSSR count). The zero-order valence-corrected chi connectivity index (χ0v) is 14.8. The van der Waals surface area contributed by atoms with Gasteiger partial charge in [0.1, 0.15) is 0 Å². The summed E-state index contributed by atoms with van der Waals surface area (Å²) in [5, 5.41) is 6.87. The van der Waals surface area contributed by atoms with Gasteiger partial charge in [0.05, 0.1) is 17.8 Å². The van der Waals surface area contributed by atoms with Crippen LogP contribution in [0.5, 0.6) is 0 Å². The second kappa shape index (κ2) is 9.40. The van der Waals surface area contributed by atoms with Crippen molar-refractivity contribution in [2.75, 3.05) is 11.9 Å². The van der Waals surface area contributed by atoms with Crippen LogP contribution in [0.15, 0.2) is 41.0 Å². The van der Waals surface area contributed by atoms with E-state index in [1.165, 1.54) is 17.7 Å². The van der Waals surface area contributed by atoms with E-state index in [-0.39, 0.29) is 12.2 Å². The molecule has 1 aromatic rings. The number of nitrogens with one attached hydrogen (secondary N) is 2. The van der Waals surface area contributed by atoms with Crippen LogP contribution in [-0.4, -0.2) is 18.2 Å². The van der Waals surface area contributed by atoms with Gasteiger partial charge in [0, 0.05) is 5.69 Å². The van der Waals surface area contributed by atoms with Gasteiger partial charge >= 0.3 is 6.18 Å². The molecule has 26 heavy (non-hydrogen) atoms. The molecule has 0 fully saturated rings. The average Bonchev–Trinajstić information content (AvgIpc) is 3.05. The maximum absolute atomic E-state index is 12.7. The molecule has 0 heterocycles. The molecule has 0 aliphatic heterocycles. The first-order valence-corrected chi connectivity index (χ1v) is 8.86. The summed E-state index contributed by atoms with van der Waals surface area (Å²) in [6.45, 7) is 2.00. The maximum atomic E-state index is 12.7. The Hall–Kier alpha value is -2.31. The fraction of sp³-hybridized carbons (Fsp3) is 0.474. The standard InChI is InChI=1S/C19H24F3N3O/c1-2-3-4-7-14-8-5-11-17(14)24-25-18(26)13-23-16-10-6-9-15(12-16)19(20,21)22/h6,8-10,12,23H,2-5,7,11,13H2,1H3,(H,25,26)/b24-17+. The van der Waals surface area contributed by atoms with E-state index in [0.717, 1.165) is 56.4 Å². The molecule has 142 valence electrons. The molecule has 0 atom stereocenters. The average molecular weight is 367 g/mol. The number of alkyl halides is 3. The van der Waals surface area contributed by atoms with Crippen LogP contribution in [0.1, 0.15) is 51.0 Å². The van der Waals surface area contributed by atoms with E-state index in [2.05, 4.69) is 28.8 Å². The van der Waals surface area contributed by atoms with Gasteiger partial charge in [0.15, 0.2) is 0 Å². The second-order valence-corrected chi connectivity index (χ2v) is 6.25. The number of rotatable bonds is 8. The van der Waals surface area contributed by atoms with Crippen LogP contribution >= 0.6 is 0 Å². The number of halogens is 3. The Labute approximate surface area is 151 Å². The van der Waals surface area contributed by atoms with Crippen LogP contribution in [0.4, 0.5) is 18.9 Å². The summed E-state index contributed by atoms with van der Waals surface area (Å²) in [7, 11) is 0. The molecule has 1 aromatic carbocycles. The van der Waals surface area contributed by atoms with Gasteiger partial charge in [-0.1, -0.05) is 31.9 Å².